The van der Waals surface area contributed by atoms with Crippen LogP contribution in [0.4, 0.5) is 11.5 Å². The summed E-state index contributed by atoms with van der Waals surface area (Å²) in [6.45, 7) is 2.02. The smallest absolute Gasteiger partial charge is 0.318 e. The average molecular weight is 392 g/mol. The van der Waals surface area contributed by atoms with Gasteiger partial charge in [-0.2, -0.15) is 0 Å². The molecule has 0 saturated carbocycles. The molecule has 1 aliphatic heterocycles. The first-order valence-electron chi connectivity index (χ1n) is 8.92. The molecular weight excluding hydrogens is 372 g/mol. The standard InChI is InChI=1S/C21H20N4O2S/c1-13-9-11-14(12-10-13)17-16-18(23(2)21(27)24(3)19(16)26)22-20(28)25(17)15-7-5-4-6-8-15/h4-12,17H,1-3H3,(H,22,28). The number of nitrogens with zero attached hydrogens (tertiary/aromatic N) is 3. The summed E-state index contributed by atoms with van der Waals surface area (Å²) in [4.78, 5) is 27.5. The second-order valence-corrected chi connectivity index (χ2v) is 7.30. The lowest BCUT2D eigenvalue weighted by atomic mass is 9.95. The molecule has 0 saturated heterocycles. The highest BCUT2D eigenvalue weighted by molar-refractivity contribution is 7.80. The van der Waals surface area contributed by atoms with Crippen molar-refractivity contribution in [2.75, 3.05) is 10.2 Å². The summed E-state index contributed by atoms with van der Waals surface area (Å²) < 4.78 is 2.58. The highest BCUT2D eigenvalue weighted by Gasteiger charge is 2.37. The van der Waals surface area contributed by atoms with Gasteiger partial charge in [-0.15, -0.1) is 0 Å². The first-order chi connectivity index (χ1) is 13.4. The van der Waals surface area contributed by atoms with Crippen molar-refractivity contribution in [1.82, 2.24) is 9.13 Å². The zero-order valence-corrected chi connectivity index (χ0v) is 16.7. The fourth-order valence-corrected chi connectivity index (χ4v) is 3.90. The number of rotatable bonds is 2. The van der Waals surface area contributed by atoms with Crippen molar-refractivity contribution >= 4 is 28.8 Å². The summed E-state index contributed by atoms with van der Waals surface area (Å²) in [6.07, 6.45) is 0. The molecule has 2 aromatic carbocycles. The second-order valence-electron chi connectivity index (χ2n) is 6.92. The van der Waals surface area contributed by atoms with Crippen LogP contribution in [0.1, 0.15) is 22.7 Å². The molecule has 1 unspecified atom stereocenters. The minimum Gasteiger partial charge on any atom is -0.318 e. The van der Waals surface area contributed by atoms with Gasteiger partial charge >= 0.3 is 5.69 Å². The number of para-hydroxylation sites is 1. The van der Waals surface area contributed by atoms with Crippen LogP contribution >= 0.6 is 12.2 Å². The average Bonchev–Trinajstić information content (AvgIpc) is 2.71. The molecule has 0 fully saturated rings. The van der Waals surface area contributed by atoms with Gasteiger partial charge in [0.15, 0.2) is 5.11 Å². The molecule has 0 spiro atoms. The van der Waals surface area contributed by atoms with Crippen LogP contribution in [0.3, 0.4) is 0 Å². The summed E-state index contributed by atoms with van der Waals surface area (Å²) >= 11 is 5.66. The molecular formula is C21H20N4O2S. The molecule has 0 radical (unpaired) electrons. The van der Waals surface area contributed by atoms with Crippen molar-refractivity contribution in [3.05, 3.63) is 92.1 Å². The minimum absolute atomic E-state index is 0.334. The van der Waals surface area contributed by atoms with E-state index in [1.54, 1.807) is 7.05 Å². The number of hydrogen-bond donors (Lipinski definition) is 1. The second kappa shape index (κ2) is 6.76. The molecule has 1 aromatic heterocycles. The summed E-state index contributed by atoms with van der Waals surface area (Å²) in [6, 6.07) is 17.3. The first kappa shape index (κ1) is 18.2. The first-order valence-corrected chi connectivity index (χ1v) is 9.32. The fraction of sp³-hybridized carbons (Fsp3) is 0.190. The number of thiocarbonyl (C=S) groups is 1. The zero-order chi connectivity index (χ0) is 20.0. The van der Waals surface area contributed by atoms with E-state index < -0.39 is 11.7 Å². The largest absolute Gasteiger partial charge is 0.332 e. The lowest BCUT2D eigenvalue weighted by molar-refractivity contribution is 0.655. The SMILES string of the molecule is Cc1ccc(C2c3c(n(C)c(=O)n(C)c3=O)NC(=S)N2c2ccccc2)cc1. The van der Waals surface area contributed by atoms with E-state index in [1.165, 1.54) is 11.6 Å². The van der Waals surface area contributed by atoms with Gasteiger partial charge in [-0.25, -0.2) is 4.79 Å². The molecule has 1 aliphatic rings. The van der Waals surface area contributed by atoms with Crippen molar-refractivity contribution in [3.8, 4) is 0 Å². The third-order valence-corrected chi connectivity index (χ3v) is 5.40. The van der Waals surface area contributed by atoms with E-state index in [0.29, 0.717) is 16.5 Å². The Bertz CT molecular complexity index is 1180. The minimum atomic E-state index is -0.447. The Morgan fingerprint density at radius 3 is 2.21 bits per heavy atom. The quantitative estimate of drug-likeness (QED) is 0.680. The number of benzene rings is 2. The van der Waals surface area contributed by atoms with Crippen LogP contribution < -0.4 is 21.5 Å². The van der Waals surface area contributed by atoms with E-state index in [0.717, 1.165) is 21.4 Å². The van der Waals surface area contributed by atoms with Crippen LogP contribution in [0.15, 0.2) is 64.2 Å². The Labute approximate surface area is 167 Å². The van der Waals surface area contributed by atoms with Gasteiger partial charge in [0.1, 0.15) is 5.82 Å². The molecule has 0 aliphatic carbocycles. The lowest BCUT2D eigenvalue weighted by Gasteiger charge is -2.39. The maximum absolute atomic E-state index is 13.2. The van der Waals surface area contributed by atoms with E-state index in [2.05, 4.69) is 5.32 Å². The predicted octanol–water partition coefficient (Wildman–Crippen LogP) is 2.70. The molecule has 4 rings (SSSR count). The Morgan fingerprint density at radius 1 is 0.929 bits per heavy atom. The van der Waals surface area contributed by atoms with E-state index >= 15 is 0 Å². The molecule has 1 atom stereocenters. The Morgan fingerprint density at radius 2 is 1.57 bits per heavy atom. The van der Waals surface area contributed by atoms with Crippen LogP contribution in [0.5, 0.6) is 0 Å². The van der Waals surface area contributed by atoms with Gasteiger partial charge in [-0.1, -0.05) is 48.0 Å². The molecule has 1 N–H and O–H groups in total. The van der Waals surface area contributed by atoms with Crippen molar-refractivity contribution in [1.29, 1.82) is 0 Å². The molecule has 6 nitrogen and oxygen atoms in total. The Kier molecular flexibility index (Phi) is 4.39. The van der Waals surface area contributed by atoms with Gasteiger partial charge < -0.3 is 10.2 Å². The maximum Gasteiger partial charge on any atom is 0.332 e. The van der Waals surface area contributed by atoms with E-state index in [-0.39, 0.29) is 5.56 Å². The summed E-state index contributed by atoms with van der Waals surface area (Å²) in [5.74, 6) is 0.441. The van der Waals surface area contributed by atoms with Crippen molar-refractivity contribution < 1.29 is 0 Å². The zero-order valence-electron chi connectivity index (χ0n) is 15.8. The predicted molar refractivity (Wildman–Crippen MR) is 115 cm³/mol. The third kappa shape index (κ3) is 2.75. The van der Waals surface area contributed by atoms with E-state index in [1.807, 2.05) is 66.4 Å². The van der Waals surface area contributed by atoms with E-state index in [4.69, 9.17) is 12.2 Å². The van der Waals surface area contributed by atoms with Gasteiger partial charge in [0.25, 0.3) is 5.56 Å². The van der Waals surface area contributed by atoms with E-state index in [9.17, 15) is 9.59 Å². The topological polar surface area (TPSA) is 59.3 Å². The van der Waals surface area contributed by atoms with Crippen LogP contribution in [0.25, 0.3) is 0 Å². The number of fused-ring (bicyclic) bond motifs is 1. The van der Waals surface area contributed by atoms with Gasteiger partial charge in [0.2, 0.25) is 0 Å². The molecule has 0 amide bonds. The molecule has 28 heavy (non-hydrogen) atoms. The Balaban J connectivity index is 2.06. The fourth-order valence-electron chi connectivity index (χ4n) is 3.60. The number of anilines is 2. The summed E-state index contributed by atoms with van der Waals surface area (Å²) in [7, 11) is 3.14. The van der Waals surface area contributed by atoms with Crippen LogP contribution in [0.2, 0.25) is 0 Å². The third-order valence-electron chi connectivity index (χ3n) is 5.10. The number of nitrogens with one attached hydrogen (secondary N) is 1. The highest BCUT2D eigenvalue weighted by Crippen LogP contribution is 2.38. The van der Waals surface area contributed by atoms with Crippen molar-refractivity contribution in [2.24, 2.45) is 14.1 Å². The maximum atomic E-state index is 13.2. The van der Waals surface area contributed by atoms with Gasteiger partial charge in [0, 0.05) is 19.8 Å². The van der Waals surface area contributed by atoms with Crippen molar-refractivity contribution in [2.45, 2.75) is 13.0 Å². The van der Waals surface area contributed by atoms with Crippen LogP contribution in [-0.4, -0.2) is 14.2 Å². The van der Waals surface area contributed by atoms with Gasteiger partial charge in [0.05, 0.1) is 11.6 Å². The molecule has 0 bridgehead atoms. The normalized spacial score (nSPS) is 15.9. The molecule has 3 aromatic rings. The van der Waals surface area contributed by atoms with Crippen molar-refractivity contribution in [3.63, 3.8) is 0 Å². The van der Waals surface area contributed by atoms with Gasteiger partial charge in [-0.05, 0) is 36.8 Å². The monoisotopic (exact) mass is 392 g/mol. The molecule has 142 valence electrons. The number of hydrogen-bond acceptors (Lipinski definition) is 3. The molecule has 7 heteroatoms. The van der Waals surface area contributed by atoms with Crippen LogP contribution in [0, 0.1) is 6.92 Å². The van der Waals surface area contributed by atoms with Gasteiger partial charge in [-0.3, -0.25) is 13.9 Å². The number of aryl methyl sites for hydroxylation is 1. The highest BCUT2D eigenvalue weighted by atomic mass is 32.1. The Hall–Kier alpha value is -3.19. The number of aromatic nitrogens is 2. The summed E-state index contributed by atoms with van der Waals surface area (Å²) in [5, 5.41) is 3.54. The summed E-state index contributed by atoms with van der Waals surface area (Å²) in [5.41, 5.74) is 2.68. The lowest BCUT2D eigenvalue weighted by Crippen LogP contribution is -2.51. The molecule has 2 heterocycles. The van der Waals surface area contributed by atoms with Crippen LogP contribution in [-0.2, 0) is 14.1 Å².